The predicted octanol–water partition coefficient (Wildman–Crippen LogP) is 6.76. The predicted molar refractivity (Wildman–Crippen MR) is 166 cm³/mol. The van der Waals surface area contributed by atoms with Crippen molar-refractivity contribution in [2.75, 3.05) is 33.9 Å². The van der Waals surface area contributed by atoms with Crippen LogP contribution in [-0.2, 0) is 20.7 Å². The van der Waals surface area contributed by atoms with Gasteiger partial charge in [0.25, 0.3) is 0 Å². The van der Waals surface area contributed by atoms with Gasteiger partial charge in [-0.25, -0.2) is 9.69 Å². The quantitative estimate of drug-likeness (QED) is 0.113. The molecule has 2 aromatic carbocycles. The van der Waals surface area contributed by atoms with Gasteiger partial charge < -0.3 is 18.9 Å². The van der Waals surface area contributed by atoms with Gasteiger partial charge in [-0.3, -0.25) is 9.59 Å². The number of carbonyl (C=O) groups excluding carboxylic acids is 3. The van der Waals surface area contributed by atoms with Gasteiger partial charge in [0.05, 0.1) is 27.9 Å². The van der Waals surface area contributed by atoms with Gasteiger partial charge in [0.1, 0.15) is 6.61 Å². The van der Waals surface area contributed by atoms with Crippen LogP contribution in [0.15, 0.2) is 60.7 Å². The first-order valence-electron chi connectivity index (χ1n) is 17.8. The summed E-state index contributed by atoms with van der Waals surface area (Å²) in [6.45, 7) is 7.77. The number of Topliss-reactive ketones (excluding diaryl/α,β-unsaturated/α-hetero) is 1. The van der Waals surface area contributed by atoms with E-state index in [1.54, 1.807) is 0 Å². The lowest BCUT2D eigenvalue weighted by Crippen LogP contribution is -2.44. The molecule has 8 heteroatoms. The monoisotopic (exact) mass is 599 g/mol. The Bertz CT molecular complexity index is 1430. The van der Waals surface area contributed by atoms with Crippen LogP contribution in [0, 0.1) is 23.7 Å². The van der Waals surface area contributed by atoms with Crippen LogP contribution in [0.1, 0.15) is 71.1 Å². The van der Waals surface area contributed by atoms with E-state index in [0.29, 0.717) is 24.8 Å². The van der Waals surface area contributed by atoms with Crippen LogP contribution >= 0.6 is 0 Å². The second kappa shape index (κ2) is 16.8. The molecule has 0 saturated carbocycles. The van der Waals surface area contributed by atoms with Crippen molar-refractivity contribution in [2.45, 2.75) is 59.4 Å². The largest absolute Gasteiger partial charge is 0.493 e. The van der Waals surface area contributed by atoms with Crippen LogP contribution in [0.5, 0.6) is 11.5 Å². The van der Waals surface area contributed by atoms with E-state index in [9.17, 15) is 14.4 Å². The van der Waals surface area contributed by atoms with E-state index < -0.39 is 32.0 Å². The number of ketones is 1. The zero-order chi connectivity index (χ0) is 36.4. The Hall–Kier alpha value is -3.65. The normalized spacial score (nSPS) is 19.2. The molecule has 1 aliphatic heterocycles. The highest BCUT2D eigenvalue weighted by Gasteiger charge is 2.41. The topological polar surface area (TPSA) is 91.4 Å². The van der Waals surface area contributed by atoms with E-state index in [0.717, 1.165) is 5.56 Å². The van der Waals surface area contributed by atoms with E-state index in [1.807, 2.05) is 70.2 Å². The number of rotatable bonds is 17. The molecule has 234 valence electrons. The van der Waals surface area contributed by atoms with Gasteiger partial charge in [-0.2, -0.15) is 0 Å². The number of allylic oxidation sites excluding steroid dienone is 2. The summed E-state index contributed by atoms with van der Waals surface area (Å²) < 4.78 is 64.6. The summed E-state index contributed by atoms with van der Waals surface area (Å²) in [4.78, 5) is 41.3. The van der Waals surface area contributed by atoms with Crippen molar-refractivity contribution in [3.63, 3.8) is 0 Å². The average molecular weight is 600 g/mol. The first-order chi connectivity index (χ1) is 23.0. The third kappa shape index (κ3) is 9.42. The van der Waals surface area contributed by atoms with Gasteiger partial charge in [-0.05, 0) is 54.9 Å². The number of nitrogens with zero attached hydrogens (tertiary/aromatic N) is 1. The number of ether oxygens (including phenoxy) is 4. The molecule has 1 unspecified atom stereocenters. The molecule has 3 atom stereocenters. The Morgan fingerprint density at radius 2 is 1.70 bits per heavy atom. The van der Waals surface area contributed by atoms with Crippen LogP contribution in [0.3, 0.4) is 0 Å². The van der Waals surface area contributed by atoms with Crippen LogP contribution in [0.4, 0.5) is 4.79 Å². The van der Waals surface area contributed by atoms with Gasteiger partial charge in [0.2, 0.25) is 5.91 Å². The smallest absolute Gasteiger partial charge is 0.416 e. The molecule has 1 aliphatic rings. The van der Waals surface area contributed by atoms with Crippen molar-refractivity contribution in [3.8, 4) is 11.5 Å². The molecule has 2 amide bonds. The highest BCUT2D eigenvalue weighted by molar-refractivity contribution is 5.98. The first kappa shape index (κ1) is 25.8. The van der Waals surface area contributed by atoms with Crippen LogP contribution in [-0.4, -0.2) is 62.6 Å². The maximum Gasteiger partial charge on any atom is 0.416 e. The third-order valence-corrected chi connectivity index (χ3v) is 7.71. The summed E-state index contributed by atoms with van der Waals surface area (Å²) in [6, 6.07) is 13.5. The number of methoxy groups -OCH3 is 2. The van der Waals surface area contributed by atoms with Gasteiger partial charge in [-0.15, -0.1) is 0 Å². The van der Waals surface area contributed by atoms with E-state index in [2.05, 4.69) is 0 Å². The maximum absolute atomic E-state index is 13.7. The van der Waals surface area contributed by atoms with Crippen LogP contribution < -0.4 is 9.47 Å². The molecular formula is C35H47NO7. The Morgan fingerprint density at radius 1 is 0.977 bits per heavy atom. The Balaban J connectivity index is 1.70. The van der Waals surface area contributed by atoms with Crippen molar-refractivity contribution >= 4 is 17.8 Å². The molecule has 0 aromatic heterocycles. The minimum atomic E-state index is -2.76. The van der Waals surface area contributed by atoms with Crippen molar-refractivity contribution < 1.29 is 41.6 Å². The first-order valence-corrected chi connectivity index (χ1v) is 14.8. The zero-order valence-electron chi connectivity index (χ0n) is 31.4. The second-order valence-electron chi connectivity index (χ2n) is 11.5. The highest BCUT2D eigenvalue weighted by atomic mass is 16.6. The van der Waals surface area contributed by atoms with Crippen LogP contribution in [0.25, 0.3) is 0 Å². The number of carbonyl (C=O) groups is 3. The fourth-order valence-corrected chi connectivity index (χ4v) is 5.16. The minimum Gasteiger partial charge on any atom is -0.493 e. The fraction of sp³-hybridized carbons (Fsp3) is 0.514. The molecule has 0 spiro atoms. The molecule has 1 fully saturated rings. The summed E-state index contributed by atoms with van der Waals surface area (Å²) in [5.74, 6) is -1.53. The summed E-state index contributed by atoms with van der Waals surface area (Å²) in [6.07, 6.45) is 4.59. The molecular weight excluding hydrogens is 546 g/mol. The van der Waals surface area contributed by atoms with Crippen molar-refractivity contribution in [3.05, 3.63) is 71.8 Å². The van der Waals surface area contributed by atoms with Crippen molar-refractivity contribution in [1.29, 1.82) is 0 Å². The molecule has 43 heavy (non-hydrogen) atoms. The Morgan fingerprint density at radius 3 is 2.37 bits per heavy atom. The summed E-state index contributed by atoms with van der Waals surface area (Å²) >= 11 is 0. The Labute approximate surface area is 264 Å². The minimum absolute atomic E-state index is 0.000673. The summed E-state index contributed by atoms with van der Waals surface area (Å²) in [5.41, 5.74) is 1.30. The lowest BCUT2D eigenvalue weighted by molar-refractivity contribution is -0.134. The average Bonchev–Trinajstić information content (AvgIpc) is 3.37. The van der Waals surface area contributed by atoms with Gasteiger partial charge >= 0.3 is 6.09 Å². The third-order valence-electron chi connectivity index (χ3n) is 7.71. The SMILES string of the molecule is [2H]C([2H])([2H])OCCCOc1cc(C(=O)C(CC=CC[C@H](C(=O)N2C(=O)OC[C@@H]2Cc2ccccc2)C(C)C)C(C)C)ccc1OC([2H])([2H])[2H]. The van der Waals surface area contributed by atoms with Crippen molar-refractivity contribution in [1.82, 2.24) is 4.90 Å². The van der Waals surface area contributed by atoms with Gasteiger partial charge in [0, 0.05) is 37.5 Å². The molecule has 0 radical (unpaired) electrons. The van der Waals surface area contributed by atoms with E-state index in [-0.39, 0.29) is 67.3 Å². The standard InChI is InChI=1S/C35H47NO7/c1-24(2)29(33(37)27-17-18-31(41-6)32(22-27)42-20-12-19-40-5)15-10-11-16-30(25(3)4)34(38)36-28(23-43-35(36)39)21-26-13-8-7-9-14-26/h7-11,13-14,17-18,22,24-25,28-30H,12,15-16,19-21,23H2,1-6H3/t28-,29?,30-/m0/s1/i5D3,6D3. The second-order valence-corrected chi connectivity index (χ2v) is 11.5. The molecule has 1 heterocycles. The Kier molecular flexibility index (Phi) is 10.1. The fourth-order valence-electron chi connectivity index (χ4n) is 5.16. The summed E-state index contributed by atoms with van der Waals surface area (Å²) in [7, 11) is -5.30. The molecule has 1 saturated heterocycles. The highest BCUT2D eigenvalue weighted by Crippen LogP contribution is 2.31. The maximum atomic E-state index is 13.7. The lowest BCUT2D eigenvalue weighted by atomic mass is 9.84. The number of benzene rings is 2. The molecule has 2 aromatic rings. The number of hydrogen-bond donors (Lipinski definition) is 0. The number of hydrogen-bond acceptors (Lipinski definition) is 7. The van der Waals surface area contributed by atoms with Gasteiger partial charge in [0.15, 0.2) is 17.3 Å². The number of cyclic esters (lactones) is 1. The van der Waals surface area contributed by atoms with E-state index >= 15 is 0 Å². The van der Waals surface area contributed by atoms with Gasteiger partial charge in [-0.1, -0.05) is 70.2 Å². The number of imide groups is 1. The van der Waals surface area contributed by atoms with E-state index in [1.165, 1.54) is 23.1 Å². The molecule has 0 N–H and O–H groups in total. The van der Waals surface area contributed by atoms with E-state index in [4.69, 9.17) is 27.2 Å². The molecule has 3 rings (SSSR count). The molecule has 0 bridgehead atoms. The number of amides is 2. The lowest BCUT2D eigenvalue weighted by Gasteiger charge is -2.26. The molecule has 8 nitrogen and oxygen atoms in total. The molecule has 0 aliphatic carbocycles. The zero-order valence-corrected chi connectivity index (χ0v) is 25.4. The van der Waals surface area contributed by atoms with Crippen molar-refractivity contribution in [2.24, 2.45) is 23.7 Å². The van der Waals surface area contributed by atoms with Crippen LogP contribution in [0.2, 0.25) is 0 Å². The summed E-state index contributed by atoms with van der Waals surface area (Å²) in [5, 5.41) is 0.